The fourth-order valence-electron chi connectivity index (χ4n) is 7.99. The van der Waals surface area contributed by atoms with Crippen LogP contribution in [0, 0.1) is 23.2 Å². The fourth-order valence-corrected chi connectivity index (χ4v) is 7.99. The van der Waals surface area contributed by atoms with Gasteiger partial charge >= 0.3 is 5.97 Å². The van der Waals surface area contributed by atoms with Crippen LogP contribution in [0.1, 0.15) is 71.3 Å². The van der Waals surface area contributed by atoms with Gasteiger partial charge in [0.05, 0.1) is 21.3 Å². The molecule has 1 amide bonds. The van der Waals surface area contributed by atoms with Gasteiger partial charge in [0.15, 0.2) is 11.5 Å². The fraction of sp³-hybridized carbons (Fsp3) is 0.613. The summed E-state index contributed by atoms with van der Waals surface area (Å²) in [6.07, 6.45) is 11.1. The number of esters is 1. The second kappa shape index (κ2) is 9.97. The number of fused-ring (bicyclic) bond motifs is 5. The molecule has 1 heterocycles. The lowest BCUT2D eigenvalue weighted by Gasteiger charge is -2.60. The summed E-state index contributed by atoms with van der Waals surface area (Å²) in [7, 11) is 4.78. The Labute approximate surface area is 225 Å². The number of benzene rings is 1. The summed E-state index contributed by atoms with van der Waals surface area (Å²) in [6, 6.07) is 3.77. The zero-order valence-corrected chi connectivity index (χ0v) is 23.5. The number of carbonyl (C=O) groups is 2. The maximum atomic E-state index is 13.3. The van der Waals surface area contributed by atoms with Gasteiger partial charge in [-0.25, -0.2) is 0 Å². The minimum atomic E-state index is -0.207. The highest BCUT2D eigenvalue weighted by Gasteiger charge is 2.56. The summed E-state index contributed by atoms with van der Waals surface area (Å²) in [5.74, 6) is 2.91. The highest BCUT2D eigenvalue weighted by molar-refractivity contribution is 5.99. The largest absolute Gasteiger partial charge is 0.493 e. The van der Waals surface area contributed by atoms with Crippen LogP contribution in [-0.4, -0.2) is 44.8 Å². The van der Waals surface area contributed by atoms with Gasteiger partial charge in [-0.2, -0.15) is 0 Å². The lowest BCUT2D eigenvalue weighted by Crippen LogP contribution is -2.63. The molecule has 1 aliphatic heterocycles. The third-order valence-electron chi connectivity index (χ3n) is 9.94. The topological polar surface area (TPSA) is 83.1 Å². The number of allylic oxidation sites excluding steroid dienone is 1. The lowest BCUT2D eigenvalue weighted by molar-refractivity contribution is -0.148. The first-order valence-electron chi connectivity index (χ1n) is 13.8. The summed E-state index contributed by atoms with van der Waals surface area (Å²) in [6.45, 7) is 6.17. The van der Waals surface area contributed by atoms with Gasteiger partial charge < -0.3 is 24.3 Å². The van der Waals surface area contributed by atoms with Crippen molar-refractivity contribution in [1.82, 2.24) is 5.32 Å². The third-order valence-corrected chi connectivity index (χ3v) is 9.94. The van der Waals surface area contributed by atoms with Gasteiger partial charge in [-0.1, -0.05) is 18.6 Å². The number of hydrogen-bond acceptors (Lipinski definition) is 6. The van der Waals surface area contributed by atoms with Crippen molar-refractivity contribution in [2.24, 2.45) is 23.2 Å². The Hall–Kier alpha value is -2.96. The summed E-state index contributed by atoms with van der Waals surface area (Å²) in [5, 5.41) is 3.42. The molecule has 0 aromatic heterocycles. The first kappa shape index (κ1) is 26.6. The van der Waals surface area contributed by atoms with Crippen molar-refractivity contribution >= 4 is 18.0 Å². The van der Waals surface area contributed by atoms with E-state index >= 15 is 0 Å². The Bertz CT molecular complexity index is 1160. The first-order valence-corrected chi connectivity index (χ1v) is 13.8. The average molecular weight is 524 g/mol. The van der Waals surface area contributed by atoms with Crippen molar-refractivity contribution < 1.29 is 28.5 Å². The van der Waals surface area contributed by atoms with E-state index < -0.39 is 0 Å². The maximum absolute atomic E-state index is 13.3. The van der Waals surface area contributed by atoms with Gasteiger partial charge in [0, 0.05) is 24.5 Å². The van der Waals surface area contributed by atoms with Crippen LogP contribution in [0.5, 0.6) is 17.2 Å². The highest BCUT2D eigenvalue weighted by Crippen LogP contribution is 2.61. The first-order chi connectivity index (χ1) is 18.1. The summed E-state index contributed by atoms with van der Waals surface area (Å²) in [4.78, 5) is 24.9. The number of hydrogen-bond donors (Lipinski definition) is 1. The van der Waals surface area contributed by atoms with E-state index in [0.717, 1.165) is 56.1 Å². The molecule has 1 saturated heterocycles. The van der Waals surface area contributed by atoms with Crippen molar-refractivity contribution in [2.45, 2.75) is 77.4 Å². The van der Waals surface area contributed by atoms with Crippen molar-refractivity contribution in [2.75, 3.05) is 21.3 Å². The molecule has 1 aromatic rings. The summed E-state index contributed by atoms with van der Waals surface area (Å²) < 4.78 is 22.1. The Morgan fingerprint density at radius 1 is 1.00 bits per heavy atom. The number of amides is 1. The number of carbonyl (C=O) groups excluding carboxylic acids is 2. The lowest BCUT2D eigenvalue weighted by atomic mass is 9.48. The van der Waals surface area contributed by atoms with Crippen LogP contribution in [-0.2, 0) is 14.3 Å². The third kappa shape index (κ3) is 4.48. The molecule has 7 heteroatoms. The summed E-state index contributed by atoms with van der Waals surface area (Å²) in [5.41, 5.74) is 3.03. The van der Waals surface area contributed by atoms with Crippen LogP contribution >= 0.6 is 0 Å². The highest BCUT2D eigenvalue weighted by atomic mass is 16.5. The van der Waals surface area contributed by atoms with Crippen molar-refractivity contribution in [3.05, 3.63) is 34.9 Å². The van der Waals surface area contributed by atoms with Gasteiger partial charge in [0.25, 0.3) is 0 Å². The Morgan fingerprint density at radius 2 is 1.71 bits per heavy atom. The van der Waals surface area contributed by atoms with E-state index in [0.29, 0.717) is 35.0 Å². The van der Waals surface area contributed by atoms with Crippen molar-refractivity contribution in [1.29, 1.82) is 0 Å². The van der Waals surface area contributed by atoms with Crippen molar-refractivity contribution in [3.8, 4) is 17.2 Å². The van der Waals surface area contributed by atoms with Crippen LogP contribution in [0.3, 0.4) is 0 Å². The van der Waals surface area contributed by atoms with Gasteiger partial charge in [-0.05, 0) is 92.4 Å². The molecule has 7 nitrogen and oxygen atoms in total. The minimum absolute atomic E-state index is 0.000726. The second-order valence-corrected chi connectivity index (χ2v) is 12.0. The number of rotatable bonds is 5. The predicted octanol–water partition coefficient (Wildman–Crippen LogP) is 5.47. The molecule has 2 saturated carbocycles. The molecule has 3 aliphatic carbocycles. The molecule has 6 atom stereocenters. The molecule has 0 radical (unpaired) electrons. The van der Waals surface area contributed by atoms with E-state index in [1.54, 1.807) is 21.3 Å². The zero-order valence-electron chi connectivity index (χ0n) is 23.5. The van der Waals surface area contributed by atoms with Crippen LogP contribution in [0.25, 0.3) is 6.08 Å². The molecule has 1 N–H and O–H groups in total. The summed E-state index contributed by atoms with van der Waals surface area (Å²) >= 11 is 0. The number of nitrogens with one attached hydrogen (secondary N) is 1. The van der Waals surface area contributed by atoms with Gasteiger partial charge in [0.1, 0.15) is 6.10 Å². The Morgan fingerprint density at radius 3 is 2.34 bits per heavy atom. The number of piperidine rings is 1. The number of methoxy groups -OCH3 is 3. The van der Waals surface area contributed by atoms with Crippen LogP contribution < -0.4 is 19.5 Å². The van der Waals surface area contributed by atoms with Gasteiger partial charge in [-0.3, -0.25) is 9.59 Å². The minimum Gasteiger partial charge on any atom is -0.493 e. The average Bonchev–Trinajstić information content (AvgIpc) is 2.88. The van der Waals surface area contributed by atoms with E-state index in [4.69, 9.17) is 18.9 Å². The molecule has 38 heavy (non-hydrogen) atoms. The predicted molar refractivity (Wildman–Crippen MR) is 145 cm³/mol. The monoisotopic (exact) mass is 523 g/mol. The maximum Gasteiger partial charge on any atom is 0.302 e. The van der Waals surface area contributed by atoms with E-state index in [2.05, 4.69) is 25.2 Å². The van der Waals surface area contributed by atoms with Crippen LogP contribution in [0.2, 0.25) is 0 Å². The van der Waals surface area contributed by atoms with Gasteiger partial charge in [-0.15, -0.1) is 0 Å². The van der Waals surface area contributed by atoms with Crippen molar-refractivity contribution in [3.63, 3.8) is 0 Å². The molecule has 0 bridgehead atoms. The van der Waals surface area contributed by atoms with E-state index in [9.17, 15) is 9.59 Å². The van der Waals surface area contributed by atoms with Crippen LogP contribution in [0.4, 0.5) is 0 Å². The van der Waals surface area contributed by atoms with E-state index in [1.165, 1.54) is 12.5 Å². The molecule has 0 spiro atoms. The standard InChI is InChI=1S/C31H41NO6/c1-18(33)38-22-9-11-30(2)21(17-22)7-8-23-24(30)10-12-31(3)25(23)16-20(29(34)32-31)13-19-14-26(35-4)28(37-6)27(15-19)36-5/h7,13-15,22-25H,8-12,16-17H2,1-6H3,(H,32,34)/b20-13-/t22-,23+,24-,25-,30-,31-/m0/s1. The van der Waals surface area contributed by atoms with E-state index in [1.807, 2.05) is 18.2 Å². The van der Waals surface area contributed by atoms with Gasteiger partial charge in [0.2, 0.25) is 11.7 Å². The molecule has 1 aromatic carbocycles. The molecule has 206 valence electrons. The normalized spacial score (nSPS) is 35.2. The molecule has 4 aliphatic rings. The molecule has 5 rings (SSSR count). The van der Waals surface area contributed by atoms with Crippen LogP contribution in [0.15, 0.2) is 29.4 Å². The number of ether oxygens (including phenoxy) is 4. The quantitative estimate of drug-likeness (QED) is 0.313. The molecule has 0 unspecified atom stereocenters. The Kier molecular flexibility index (Phi) is 6.99. The van der Waals surface area contributed by atoms with E-state index in [-0.39, 0.29) is 28.9 Å². The molecular formula is C31H41NO6. The zero-order chi connectivity index (χ0) is 27.2. The smallest absolute Gasteiger partial charge is 0.302 e. The molecular weight excluding hydrogens is 482 g/mol. The Balaban J connectivity index is 1.44. The SMILES string of the molecule is COc1cc(/C=C2/C[C@H]3[C@@H]4CC=C5C[C@@H](OC(C)=O)CC[C@]5(C)[C@H]4CC[C@]3(C)NC2=O)cc(OC)c1OC. The second-order valence-electron chi connectivity index (χ2n) is 12.0. The molecule has 3 fully saturated rings.